The Labute approximate surface area is 115 Å². The lowest BCUT2D eigenvalue weighted by Gasteiger charge is -2.23. The van der Waals surface area contributed by atoms with Crippen molar-refractivity contribution < 1.29 is 9.53 Å². The van der Waals surface area contributed by atoms with E-state index in [-0.39, 0.29) is 11.3 Å². The van der Waals surface area contributed by atoms with Gasteiger partial charge in [-0.3, -0.25) is 4.79 Å². The van der Waals surface area contributed by atoms with Crippen LogP contribution in [-0.2, 0) is 4.79 Å². The third-order valence-electron chi connectivity index (χ3n) is 3.22. The van der Waals surface area contributed by atoms with Crippen molar-refractivity contribution >= 4 is 11.6 Å². The minimum atomic E-state index is 0.0373. The molecular weight excluding hydrogens is 240 g/mol. The molecule has 0 unspecified atom stereocenters. The van der Waals surface area contributed by atoms with Crippen LogP contribution in [0.3, 0.4) is 0 Å². The monoisotopic (exact) mass is 264 g/mol. The lowest BCUT2D eigenvalue weighted by molar-refractivity contribution is -0.116. The second-order valence-corrected chi connectivity index (χ2v) is 5.48. The fourth-order valence-electron chi connectivity index (χ4n) is 1.87. The third kappa shape index (κ3) is 5.75. The molecule has 0 atom stereocenters. The number of hydrogen-bond acceptors (Lipinski definition) is 3. The molecular formula is C15H24N2O2. The number of nitrogens with two attached hydrogens (primary N) is 1. The van der Waals surface area contributed by atoms with Crippen molar-refractivity contribution in [2.24, 2.45) is 11.1 Å². The van der Waals surface area contributed by atoms with Crippen LogP contribution in [0.2, 0.25) is 0 Å². The molecule has 0 aliphatic carbocycles. The molecule has 0 fully saturated rings. The standard InChI is InChI=1S/C15H24N2O2/c1-15(2,10-11-16)9-8-14(18)17-12-4-6-13(19-3)7-5-12/h4-7H,8-11,16H2,1-3H3,(H,17,18). The first-order valence-electron chi connectivity index (χ1n) is 6.61. The molecule has 4 heteroatoms. The zero-order valence-corrected chi connectivity index (χ0v) is 12.0. The molecule has 0 saturated carbocycles. The smallest absolute Gasteiger partial charge is 0.224 e. The summed E-state index contributed by atoms with van der Waals surface area (Å²) < 4.78 is 5.07. The number of benzene rings is 1. The predicted octanol–water partition coefficient (Wildman–Crippen LogP) is 2.79. The average molecular weight is 264 g/mol. The molecule has 0 aliphatic rings. The van der Waals surface area contributed by atoms with E-state index < -0.39 is 0 Å². The summed E-state index contributed by atoms with van der Waals surface area (Å²) in [6.45, 7) is 4.94. The summed E-state index contributed by atoms with van der Waals surface area (Å²) in [5.41, 5.74) is 6.47. The van der Waals surface area contributed by atoms with Gasteiger partial charge < -0.3 is 15.8 Å². The lowest BCUT2D eigenvalue weighted by atomic mass is 9.84. The molecule has 3 N–H and O–H groups in total. The Morgan fingerprint density at radius 3 is 2.42 bits per heavy atom. The summed E-state index contributed by atoms with van der Waals surface area (Å²) in [6.07, 6.45) is 2.29. The second-order valence-electron chi connectivity index (χ2n) is 5.48. The van der Waals surface area contributed by atoms with E-state index in [1.54, 1.807) is 7.11 Å². The van der Waals surface area contributed by atoms with Gasteiger partial charge in [0, 0.05) is 12.1 Å². The molecule has 0 radical (unpaired) electrons. The Balaban J connectivity index is 2.42. The maximum absolute atomic E-state index is 11.8. The summed E-state index contributed by atoms with van der Waals surface area (Å²) in [6, 6.07) is 7.32. The van der Waals surface area contributed by atoms with Gasteiger partial charge in [-0.1, -0.05) is 13.8 Å². The minimum absolute atomic E-state index is 0.0373. The molecule has 1 aromatic rings. The van der Waals surface area contributed by atoms with Crippen LogP contribution in [0.5, 0.6) is 5.75 Å². The number of ether oxygens (including phenoxy) is 1. The lowest BCUT2D eigenvalue weighted by Crippen LogP contribution is -2.20. The molecule has 1 aromatic carbocycles. The van der Waals surface area contributed by atoms with Crippen molar-refractivity contribution in [1.29, 1.82) is 0 Å². The third-order valence-corrected chi connectivity index (χ3v) is 3.22. The van der Waals surface area contributed by atoms with Gasteiger partial charge in [0.05, 0.1) is 7.11 Å². The Morgan fingerprint density at radius 1 is 1.26 bits per heavy atom. The summed E-state index contributed by atoms with van der Waals surface area (Å²) in [5.74, 6) is 0.817. The van der Waals surface area contributed by atoms with Crippen LogP contribution in [0.4, 0.5) is 5.69 Å². The first-order valence-corrected chi connectivity index (χ1v) is 6.61. The fraction of sp³-hybridized carbons (Fsp3) is 0.533. The van der Waals surface area contributed by atoms with E-state index in [4.69, 9.17) is 10.5 Å². The maximum Gasteiger partial charge on any atom is 0.224 e. The zero-order valence-electron chi connectivity index (χ0n) is 12.0. The summed E-state index contributed by atoms with van der Waals surface area (Å²) >= 11 is 0. The summed E-state index contributed by atoms with van der Waals surface area (Å²) in [5, 5.41) is 2.88. The van der Waals surface area contributed by atoms with Crippen LogP contribution >= 0.6 is 0 Å². The molecule has 0 aliphatic heterocycles. The fourth-order valence-corrected chi connectivity index (χ4v) is 1.87. The van der Waals surface area contributed by atoms with E-state index in [0.717, 1.165) is 24.3 Å². The van der Waals surface area contributed by atoms with E-state index >= 15 is 0 Å². The molecule has 0 spiro atoms. The van der Waals surface area contributed by atoms with Crippen LogP contribution in [0.1, 0.15) is 33.1 Å². The van der Waals surface area contributed by atoms with Gasteiger partial charge in [-0.2, -0.15) is 0 Å². The first kappa shape index (κ1) is 15.5. The van der Waals surface area contributed by atoms with Crippen molar-refractivity contribution in [2.45, 2.75) is 33.1 Å². The van der Waals surface area contributed by atoms with Gasteiger partial charge in [0.15, 0.2) is 0 Å². The van der Waals surface area contributed by atoms with E-state index in [2.05, 4.69) is 19.2 Å². The number of carbonyl (C=O) groups excluding carboxylic acids is 1. The minimum Gasteiger partial charge on any atom is -0.497 e. The van der Waals surface area contributed by atoms with Crippen LogP contribution in [-0.4, -0.2) is 19.6 Å². The van der Waals surface area contributed by atoms with Crippen molar-refractivity contribution in [3.05, 3.63) is 24.3 Å². The van der Waals surface area contributed by atoms with Gasteiger partial charge in [0.2, 0.25) is 5.91 Å². The normalized spacial score (nSPS) is 11.2. The Hall–Kier alpha value is -1.55. The van der Waals surface area contributed by atoms with Gasteiger partial charge >= 0.3 is 0 Å². The van der Waals surface area contributed by atoms with E-state index in [1.165, 1.54) is 0 Å². The highest BCUT2D eigenvalue weighted by Crippen LogP contribution is 2.26. The van der Waals surface area contributed by atoms with Gasteiger partial charge in [-0.05, 0) is 49.1 Å². The molecule has 19 heavy (non-hydrogen) atoms. The molecule has 0 aromatic heterocycles. The quantitative estimate of drug-likeness (QED) is 0.796. The van der Waals surface area contributed by atoms with E-state index in [9.17, 15) is 4.79 Å². The van der Waals surface area contributed by atoms with E-state index in [0.29, 0.717) is 13.0 Å². The summed E-state index contributed by atoms with van der Waals surface area (Å²) in [4.78, 5) is 11.8. The number of nitrogens with one attached hydrogen (secondary N) is 1. The molecule has 4 nitrogen and oxygen atoms in total. The molecule has 0 saturated heterocycles. The predicted molar refractivity (Wildman–Crippen MR) is 78.3 cm³/mol. The summed E-state index contributed by atoms with van der Waals surface area (Å²) in [7, 11) is 1.62. The van der Waals surface area contributed by atoms with Crippen LogP contribution in [0.15, 0.2) is 24.3 Å². The highest BCUT2D eigenvalue weighted by atomic mass is 16.5. The number of methoxy groups -OCH3 is 1. The van der Waals surface area contributed by atoms with Crippen molar-refractivity contribution in [3.63, 3.8) is 0 Å². The maximum atomic E-state index is 11.8. The Morgan fingerprint density at radius 2 is 1.89 bits per heavy atom. The highest BCUT2D eigenvalue weighted by Gasteiger charge is 2.18. The SMILES string of the molecule is COc1ccc(NC(=O)CCC(C)(C)CCN)cc1. The largest absolute Gasteiger partial charge is 0.497 e. The van der Waals surface area contributed by atoms with Crippen LogP contribution < -0.4 is 15.8 Å². The second kappa shape index (κ2) is 7.14. The highest BCUT2D eigenvalue weighted by molar-refractivity contribution is 5.90. The van der Waals surface area contributed by atoms with Crippen molar-refractivity contribution in [2.75, 3.05) is 19.0 Å². The Kier molecular flexibility index (Phi) is 5.83. The van der Waals surface area contributed by atoms with Crippen molar-refractivity contribution in [1.82, 2.24) is 0 Å². The Bertz CT molecular complexity index is 399. The van der Waals surface area contributed by atoms with Crippen molar-refractivity contribution in [3.8, 4) is 5.75 Å². The van der Waals surface area contributed by atoms with Crippen LogP contribution in [0.25, 0.3) is 0 Å². The number of amides is 1. The molecule has 0 bridgehead atoms. The van der Waals surface area contributed by atoms with Gasteiger partial charge in [0.25, 0.3) is 0 Å². The van der Waals surface area contributed by atoms with Crippen LogP contribution in [0, 0.1) is 5.41 Å². The molecule has 0 heterocycles. The number of carbonyl (C=O) groups is 1. The van der Waals surface area contributed by atoms with E-state index in [1.807, 2.05) is 24.3 Å². The molecule has 1 rings (SSSR count). The number of rotatable bonds is 7. The molecule has 106 valence electrons. The molecule has 1 amide bonds. The number of hydrogen-bond donors (Lipinski definition) is 2. The van der Waals surface area contributed by atoms with Gasteiger partial charge in [-0.15, -0.1) is 0 Å². The zero-order chi connectivity index (χ0) is 14.3. The first-order chi connectivity index (χ1) is 8.96. The number of anilines is 1. The average Bonchev–Trinajstić information content (AvgIpc) is 2.37. The van der Waals surface area contributed by atoms with Gasteiger partial charge in [-0.25, -0.2) is 0 Å². The topological polar surface area (TPSA) is 64.3 Å². The van der Waals surface area contributed by atoms with Gasteiger partial charge in [0.1, 0.15) is 5.75 Å².